The number of hydrogen-bond acceptors (Lipinski definition) is 1. The molecular weight excluding hydrogens is 222 g/mol. The van der Waals surface area contributed by atoms with Gasteiger partial charge in [-0.25, -0.2) is 0 Å². The summed E-state index contributed by atoms with van der Waals surface area (Å²) < 4.78 is 7.49. The minimum absolute atomic E-state index is 0.860. The van der Waals surface area contributed by atoms with Crippen LogP contribution < -0.4 is 0 Å². The van der Waals surface area contributed by atoms with Gasteiger partial charge in [-0.2, -0.15) is 0 Å². The molecule has 1 aromatic carbocycles. The maximum absolute atomic E-state index is 5.10. The Balaban J connectivity index is 2.21. The Labute approximate surface area is 110 Å². The highest BCUT2D eigenvalue weighted by Crippen LogP contribution is 2.23. The number of unbranched alkanes of at least 4 members (excludes halogenated alkanes) is 1. The predicted octanol–water partition coefficient (Wildman–Crippen LogP) is 3.94. The zero-order chi connectivity index (χ0) is 13.0. The molecule has 0 aliphatic heterocycles. The van der Waals surface area contributed by atoms with Crippen molar-refractivity contribution in [2.24, 2.45) is 0 Å². The molecule has 2 nitrogen and oxygen atoms in total. The molecule has 0 spiro atoms. The highest BCUT2D eigenvalue weighted by molar-refractivity contribution is 5.84. The summed E-state index contributed by atoms with van der Waals surface area (Å²) in [5.41, 5.74) is 4.17. The summed E-state index contributed by atoms with van der Waals surface area (Å²) in [6.07, 6.45) is 5.68. The Morgan fingerprint density at radius 1 is 1.22 bits per heavy atom. The van der Waals surface area contributed by atoms with Crippen LogP contribution >= 0.6 is 0 Å². The van der Waals surface area contributed by atoms with Crippen molar-refractivity contribution in [2.75, 3.05) is 13.7 Å². The molecule has 0 fully saturated rings. The van der Waals surface area contributed by atoms with Gasteiger partial charge in [-0.15, -0.1) is 0 Å². The van der Waals surface area contributed by atoms with Crippen molar-refractivity contribution < 1.29 is 4.74 Å². The van der Waals surface area contributed by atoms with Gasteiger partial charge in [-0.1, -0.05) is 19.1 Å². The van der Waals surface area contributed by atoms with E-state index in [-0.39, 0.29) is 0 Å². The molecule has 0 aliphatic carbocycles. The topological polar surface area (TPSA) is 14.2 Å². The van der Waals surface area contributed by atoms with Gasteiger partial charge in [0.2, 0.25) is 0 Å². The van der Waals surface area contributed by atoms with Crippen LogP contribution in [0.2, 0.25) is 0 Å². The Kier molecular flexibility index (Phi) is 4.43. The second-order valence-electron chi connectivity index (χ2n) is 4.91. The summed E-state index contributed by atoms with van der Waals surface area (Å²) in [6, 6.07) is 6.83. The van der Waals surface area contributed by atoms with Crippen LogP contribution in [0.3, 0.4) is 0 Å². The van der Waals surface area contributed by atoms with Crippen LogP contribution in [0.1, 0.15) is 30.9 Å². The van der Waals surface area contributed by atoms with Crippen molar-refractivity contribution in [3.63, 3.8) is 0 Å². The van der Waals surface area contributed by atoms with Gasteiger partial charge in [0, 0.05) is 37.4 Å². The first kappa shape index (κ1) is 13.2. The lowest BCUT2D eigenvalue weighted by Crippen LogP contribution is -1.98. The zero-order valence-corrected chi connectivity index (χ0v) is 11.7. The Morgan fingerprint density at radius 2 is 2.06 bits per heavy atom. The highest BCUT2D eigenvalue weighted by atomic mass is 16.5. The molecule has 2 heteroatoms. The molecule has 0 saturated heterocycles. The SMILES string of the molecule is CCc1ccc2c(C)cn(CCCCOC)c2c1. The summed E-state index contributed by atoms with van der Waals surface area (Å²) in [7, 11) is 1.77. The van der Waals surface area contributed by atoms with Gasteiger partial charge in [0.25, 0.3) is 0 Å². The van der Waals surface area contributed by atoms with Crippen LogP contribution in [0.25, 0.3) is 10.9 Å². The number of rotatable bonds is 6. The third-order valence-electron chi connectivity index (χ3n) is 3.55. The van der Waals surface area contributed by atoms with Gasteiger partial charge >= 0.3 is 0 Å². The second-order valence-corrected chi connectivity index (χ2v) is 4.91. The Bertz CT molecular complexity index is 513. The normalized spacial score (nSPS) is 11.3. The molecule has 1 aromatic heterocycles. The number of benzene rings is 1. The number of methoxy groups -OCH3 is 1. The fourth-order valence-electron chi connectivity index (χ4n) is 2.45. The maximum Gasteiger partial charge on any atom is 0.0485 e. The van der Waals surface area contributed by atoms with Crippen molar-refractivity contribution in [1.29, 1.82) is 0 Å². The lowest BCUT2D eigenvalue weighted by atomic mass is 10.1. The van der Waals surface area contributed by atoms with Crippen LogP contribution in [0.15, 0.2) is 24.4 Å². The summed E-state index contributed by atoms with van der Waals surface area (Å²) in [6.45, 7) is 6.35. The fraction of sp³-hybridized carbons (Fsp3) is 0.500. The van der Waals surface area contributed by atoms with Crippen LogP contribution in [0, 0.1) is 6.92 Å². The van der Waals surface area contributed by atoms with E-state index in [0.29, 0.717) is 0 Å². The quantitative estimate of drug-likeness (QED) is 0.703. The van der Waals surface area contributed by atoms with E-state index < -0.39 is 0 Å². The number of aromatic nitrogens is 1. The molecule has 0 N–H and O–H groups in total. The highest BCUT2D eigenvalue weighted by Gasteiger charge is 2.05. The Hall–Kier alpha value is -1.28. The molecule has 0 radical (unpaired) electrons. The first-order valence-electron chi connectivity index (χ1n) is 6.83. The molecule has 2 aromatic rings. The summed E-state index contributed by atoms with van der Waals surface area (Å²) >= 11 is 0. The molecular formula is C16H23NO. The average Bonchev–Trinajstić information content (AvgIpc) is 2.71. The molecule has 0 amide bonds. The van der Waals surface area contributed by atoms with Crippen molar-refractivity contribution in [3.8, 4) is 0 Å². The van der Waals surface area contributed by atoms with Crippen molar-refractivity contribution in [3.05, 3.63) is 35.5 Å². The number of ether oxygens (including phenoxy) is 1. The fourth-order valence-corrected chi connectivity index (χ4v) is 2.45. The van der Waals surface area contributed by atoms with Crippen molar-refractivity contribution in [1.82, 2.24) is 4.57 Å². The van der Waals surface area contributed by atoms with Crippen LogP contribution in [-0.4, -0.2) is 18.3 Å². The van der Waals surface area contributed by atoms with Gasteiger partial charge < -0.3 is 9.30 Å². The lowest BCUT2D eigenvalue weighted by Gasteiger charge is -2.06. The number of aryl methyl sites for hydroxylation is 3. The lowest BCUT2D eigenvalue weighted by molar-refractivity contribution is 0.191. The van der Waals surface area contributed by atoms with Crippen LogP contribution in [0.5, 0.6) is 0 Å². The average molecular weight is 245 g/mol. The standard InChI is InChI=1S/C16H23NO/c1-4-14-7-8-15-13(2)12-17(16(15)11-14)9-5-6-10-18-3/h7-8,11-12H,4-6,9-10H2,1-3H3. The van der Waals surface area contributed by atoms with Crippen molar-refractivity contribution in [2.45, 2.75) is 39.7 Å². The van der Waals surface area contributed by atoms with Crippen molar-refractivity contribution >= 4 is 10.9 Å². The largest absolute Gasteiger partial charge is 0.385 e. The molecule has 0 unspecified atom stereocenters. The molecule has 2 rings (SSSR count). The molecule has 0 atom stereocenters. The van der Waals surface area contributed by atoms with Crippen LogP contribution in [-0.2, 0) is 17.7 Å². The molecule has 18 heavy (non-hydrogen) atoms. The van der Waals surface area contributed by atoms with E-state index in [1.54, 1.807) is 7.11 Å². The second kappa shape index (κ2) is 6.05. The monoisotopic (exact) mass is 245 g/mol. The minimum Gasteiger partial charge on any atom is -0.385 e. The summed E-state index contributed by atoms with van der Waals surface area (Å²) in [4.78, 5) is 0. The van der Waals surface area contributed by atoms with Gasteiger partial charge in [0.05, 0.1) is 0 Å². The number of hydrogen-bond donors (Lipinski definition) is 0. The van der Waals surface area contributed by atoms with E-state index in [1.807, 2.05) is 0 Å². The third kappa shape index (κ3) is 2.75. The molecule has 0 aliphatic rings. The molecule has 0 saturated carbocycles. The number of fused-ring (bicyclic) bond motifs is 1. The summed E-state index contributed by atoms with van der Waals surface area (Å²) in [5.74, 6) is 0. The van der Waals surface area contributed by atoms with Gasteiger partial charge in [-0.3, -0.25) is 0 Å². The first-order chi connectivity index (χ1) is 8.76. The van der Waals surface area contributed by atoms with E-state index >= 15 is 0 Å². The minimum atomic E-state index is 0.860. The van der Waals surface area contributed by atoms with Crippen LogP contribution in [0.4, 0.5) is 0 Å². The molecule has 0 bridgehead atoms. The number of nitrogens with zero attached hydrogens (tertiary/aromatic N) is 1. The Morgan fingerprint density at radius 3 is 2.78 bits per heavy atom. The van der Waals surface area contributed by atoms with E-state index in [0.717, 1.165) is 26.0 Å². The zero-order valence-electron chi connectivity index (χ0n) is 11.7. The van der Waals surface area contributed by atoms with Gasteiger partial charge in [-0.05, 0) is 43.4 Å². The van der Waals surface area contributed by atoms with Gasteiger partial charge in [0.1, 0.15) is 0 Å². The first-order valence-corrected chi connectivity index (χ1v) is 6.83. The maximum atomic E-state index is 5.10. The van der Waals surface area contributed by atoms with E-state index in [9.17, 15) is 0 Å². The summed E-state index contributed by atoms with van der Waals surface area (Å²) in [5, 5.41) is 1.39. The predicted molar refractivity (Wildman–Crippen MR) is 77.2 cm³/mol. The third-order valence-corrected chi connectivity index (χ3v) is 3.55. The van der Waals surface area contributed by atoms with E-state index in [4.69, 9.17) is 4.74 Å². The van der Waals surface area contributed by atoms with E-state index in [2.05, 4.69) is 42.8 Å². The van der Waals surface area contributed by atoms with E-state index in [1.165, 1.54) is 28.5 Å². The molecule has 98 valence electrons. The smallest absolute Gasteiger partial charge is 0.0485 e. The van der Waals surface area contributed by atoms with Gasteiger partial charge in [0.15, 0.2) is 0 Å². The molecule has 1 heterocycles.